The molecule has 132 valence electrons. The molecule has 0 saturated heterocycles. The molecule has 0 fully saturated rings. The van der Waals surface area contributed by atoms with Crippen molar-refractivity contribution in [3.05, 3.63) is 32.8 Å². The Hall–Kier alpha value is -1.46. The molecule has 7 heteroatoms. The fraction of sp³-hybridized carbons (Fsp3) is 0.389. The van der Waals surface area contributed by atoms with Gasteiger partial charge < -0.3 is 11.1 Å². The smallest absolute Gasteiger partial charge is 0.127 e. The minimum absolute atomic E-state index is 0.488. The third-order valence-corrected chi connectivity index (χ3v) is 6.82. The standard InChI is InChI=1S/C18H20FN3S3/c1-3-4-7-13-15(9-14(20)11(2)19)24-17-16(13)22-25-18(17)21-10-12-6-5-8-23-12/h5-6,8,11,14,21H,3,9-10,20H2,1-2H3/t11-,14+/m0/s1. The zero-order valence-corrected chi connectivity index (χ0v) is 16.6. The summed E-state index contributed by atoms with van der Waals surface area (Å²) in [7, 11) is 0. The van der Waals surface area contributed by atoms with Crippen LogP contribution in [-0.2, 0) is 13.0 Å². The quantitative estimate of drug-likeness (QED) is 0.578. The zero-order chi connectivity index (χ0) is 17.8. The lowest BCUT2D eigenvalue weighted by Gasteiger charge is -2.11. The predicted octanol–water partition coefficient (Wildman–Crippen LogP) is 5.02. The molecule has 3 rings (SSSR count). The average Bonchev–Trinajstić information content (AvgIpc) is 3.29. The van der Waals surface area contributed by atoms with Gasteiger partial charge in [-0.05, 0) is 29.9 Å². The number of alkyl halides is 1. The number of fused-ring (bicyclic) bond motifs is 1. The fourth-order valence-electron chi connectivity index (χ4n) is 2.36. The molecule has 3 N–H and O–H groups in total. The van der Waals surface area contributed by atoms with E-state index in [1.54, 1.807) is 22.7 Å². The molecule has 0 unspecified atom stereocenters. The van der Waals surface area contributed by atoms with Gasteiger partial charge in [0.2, 0.25) is 0 Å². The Kier molecular flexibility index (Phi) is 6.07. The second-order valence-electron chi connectivity index (χ2n) is 5.72. The van der Waals surface area contributed by atoms with E-state index in [2.05, 4.69) is 33.0 Å². The maximum absolute atomic E-state index is 13.5. The van der Waals surface area contributed by atoms with Gasteiger partial charge >= 0.3 is 0 Å². The van der Waals surface area contributed by atoms with Crippen LogP contribution < -0.4 is 11.1 Å². The van der Waals surface area contributed by atoms with Gasteiger partial charge in [0.25, 0.3) is 0 Å². The summed E-state index contributed by atoms with van der Waals surface area (Å²) in [5, 5.41) is 6.58. The molecular weight excluding hydrogens is 373 g/mol. The molecule has 0 amide bonds. The highest BCUT2D eigenvalue weighted by Gasteiger charge is 2.21. The van der Waals surface area contributed by atoms with Gasteiger partial charge in [-0.1, -0.05) is 24.8 Å². The summed E-state index contributed by atoms with van der Waals surface area (Å²) in [6, 6.07) is 3.64. The number of rotatable bonds is 6. The number of hydrogen-bond donors (Lipinski definition) is 2. The summed E-state index contributed by atoms with van der Waals surface area (Å²) in [5.41, 5.74) is 7.78. The van der Waals surface area contributed by atoms with Crippen molar-refractivity contribution in [1.29, 1.82) is 0 Å². The number of nitrogens with one attached hydrogen (secondary N) is 1. The summed E-state index contributed by atoms with van der Waals surface area (Å²) >= 11 is 4.81. The van der Waals surface area contributed by atoms with Crippen LogP contribution in [0.5, 0.6) is 0 Å². The van der Waals surface area contributed by atoms with Crippen LogP contribution in [0.15, 0.2) is 17.5 Å². The van der Waals surface area contributed by atoms with Crippen molar-refractivity contribution in [2.24, 2.45) is 5.73 Å². The van der Waals surface area contributed by atoms with Gasteiger partial charge in [0.05, 0.1) is 16.8 Å². The lowest BCUT2D eigenvalue weighted by atomic mass is 10.1. The Labute approximate surface area is 159 Å². The van der Waals surface area contributed by atoms with E-state index in [0.717, 1.165) is 38.6 Å². The topological polar surface area (TPSA) is 50.9 Å². The van der Waals surface area contributed by atoms with Crippen LogP contribution in [0.3, 0.4) is 0 Å². The van der Waals surface area contributed by atoms with Gasteiger partial charge in [-0.2, -0.15) is 4.37 Å². The predicted molar refractivity (Wildman–Crippen MR) is 109 cm³/mol. The Morgan fingerprint density at radius 2 is 2.28 bits per heavy atom. The minimum atomic E-state index is -1.05. The normalized spacial score (nSPS) is 13.4. The number of hydrogen-bond acceptors (Lipinski definition) is 6. The highest BCUT2D eigenvalue weighted by Crippen LogP contribution is 2.39. The Bertz CT molecular complexity index is 884. The van der Waals surface area contributed by atoms with Gasteiger partial charge in [0, 0.05) is 28.6 Å². The minimum Gasteiger partial charge on any atom is -0.370 e. The summed E-state index contributed by atoms with van der Waals surface area (Å²) in [5.74, 6) is 6.33. The van der Waals surface area contributed by atoms with Crippen molar-refractivity contribution in [3.8, 4) is 11.8 Å². The molecule has 25 heavy (non-hydrogen) atoms. The summed E-state index contributed by atoms with van der Waals surface area (Å²) < 4.78 is 19.2. The molecule has 0 bridgehead atoms. The van der Waals surface area contributed by atoms with E-state index in [-0.39, 0.29) is 0 Å². The van der Waals surface area contributed by atoms with Crippen molar-refractivity contribution in [2.45, 2.75) is 45.4 Å². The highest BCUT2D eigenvalue weighted by atomic mass is 32.1. The molecule has 0 aliphatic rings. The van der Waals surface area contributed by atoms with Crippen LogP contribution in [0.25, 0.3) is 10.2 Å². The molecule has 0 saturated carbocycles. The molecular formula is C18H20FN3S3. The van der Waals surface area contributed by atoms with E-state index in [4.69, 9.17) is 5.73 Å². The van der Waals surface area contributed by atoms with Crippen molar-refractivity contribution >= 4 is 49.4 Å². The summed E-state index contributed by atoms with van der Waals surface area (Å²) in [4.78, 5) is 2.31. The van der Waals surface area contributed by atoms with Gasteiger partial charge in [-0.3, -0.25) is 0 Å². The van der Waals surface area contributed by atoms with Crippen LogP contribution in [0, 0.1) is 11.8 Å². The third-order valence-electron chi connectivity index (χ3n) is 3.79. The van der Waals surface area contributed by atoms with Crippen LogP contribution in [-0.4, -0.2) is 16.6 Å². The first-order valence-corrected chi connectivity index (χ1v) is 10.6. The van der Waals surface area contributed by atoms with E-state index in [0.29, 0.717) is 6.42 Å². The largest absolute Gasteiger partial charge is 0.370 e. The molecule has 3 aromatic rings. The van der Waals surface area contributed by atoms with Crippen molar-refractivity contribution < 1.29 is 4.39 Å². The summed E-state index contributed by atoms with van der Waals surface area (Å²) in [6.07, 6.45) is 0.216. The van der Waals surface area contributed by atoms with Crippen LogP contribution >= 0.6 is 34.2 Å². The Morgan fingerprint density at radius 3 is 2.96 bits per heavy atom. The van der Waals surface area contributed by atoms with Gasteiger partial charge in [0.1, 0.15) is 16.7 Å². The van der Waals surface area contributed by atoms with Crippen LogP contribution in [0.1, 0.15) is 35.6 Å². The fourth-order valence-corrected chi connectivity index (χ4v) is 5.16. The van der Waals surface area contributed by atoms with Crippen molar-refractivity contribution in [3.63, 3.8) is 0 Å². The van der Waals surface area contributed by atoms with Gasteiger partial charge in [0.15, 0.2) is 0 Å². The number of nitrogens with two attached hydrogens (primary N) is 1. The number of nitrogens with zero attached hydrogens (tertiary/aromatic N) is 1. The molecule has 0 spiro atoms. The van der Waals surface area contributed by atoms with Crippen molar-refractivity contribution in [2.75, 3.05) is 5.32 Å². The first-order valence-electron chi connectivity index (χ1n) is 8.16. The molecule has 3 nitrogen and oxygen atoms in total. The van der Waals surface area contributed by atoms with E-state index < -0.39 is 12.2 Å². The molecule has 0 aliphatic heterocycles. The second kappa shape index (κ2) is 8.28. The molecule has 0 aliphatic carbocycles. The maximum atomic E-state index is 13.5. The molecule has 0 aromatic carbocycles. The monoisotopic (exact) mass is 393 g/mol. The molecule has 3 heterocycles. The average molecular weight is 394 g/mol. The number of aromatic nitrogens is 1. The Morgan fingerprint density at radius 1 is 1.44 bits per heavy atom. The van der Waals surface area contributed by atoms with Gasteiger partial charge in [-0.15, -0.1) is 22.7 Å². The van der Waals surface area contributed by atoms with Crippen LogP contribution in [0.4, 0.5) is 9.39 Å². The van der Waals surface area contributed by atoms with Crippen LogP contribution in [0.2, 0.25) is 0 Å². The third kappa shape index (κ3) is 4.21. The summed E-state index contributed by atoms with van der Waals surface area (Å²) in [6.45, 7) is 4.30. The number of halogens is 1. The van der Waals surface area contributed by atoms with E-state index in [9.17, 15) is 4.39 Å². The van der Waals surface area contributed by atoms with Gasteiger partial charge in [-0.25, -0.2) is 4.39 Å². The lowest BCUT2D eigenvalue weighted by molar-refractivity contribution is 0.305. The van der Waals surface area contributed by atoms with E-state index >= 15 is 0 Å². The maximum Gasteiger partial charge on any atom is 0.127 e. The lowest BCUT2D eigenvalue weighted by Crippen LogP contribution is -2.31. The number of anilines is 1. The molecule has 0 radical (unpaired) electrons. The van der Waals surface area contributed by atoms with Crippen molar-refractivity contribution in [1.82, 2.24) is 4.37 Å². The first kappa shape index (κ1) is 18.3. The van der Waals surface area contributed by atoms with E-state index in [1.165, 1.54) is 23.3 Å². The highest BCUT2D eigenvalue weighted by molar-refractivity contribution is 7.24. The Balaban J connectivity index is 1.92. The SMILES string of the molecule is CCC#Cc1c(C[C@@H](N)[C@H](C)F)sc2c(NCc3cccs3)snc12. The molecule has 2 atom stereocenters. The zero-order valence-electron chi connectivity index (χ0n) is 14.1. The first-order chi connectivity index (χ1) is 12.1. The molecule has 3 aromatic heterocycles. The number of thiophene rings is 2. The second-order valence-corrected chi connectivity index (χ2v) is 8.63. The van der Waals surface area contributed by atoms with E-state index in [1.807, 2.05) is 13.0 Å².